The SMILES string of the molecule is COc1ccccc1COC(=O)c1cn(C)nc1C(F)(F)F. The average Bonchev–Trinajstić information content (AvgIpc) is 2.87. The molecule has 22 heavy (non-hydrogen) atoms. The van der Waals surface area contributed by atoms with Crippen molar-refractivity contribution in [3.05, 3.63) is 47.3 Å². The number of carbonyl (C=O) groups excluding carboxylic acids is 1. The largest absolute Gasteiger partial charge is 0.496 e. The van der Waals surface area contributed by atoms with Crippen molar-refractivity contribution in [3.63, 3.8) is 0 Å². The van der Waals surface area contributed by atoms with E-state index in [1.165, 1.54) is 14.2 Å². The summed E-state index contributed by atoms with van der Waals surface area (Å²) in [6.45, 7) is -0.199. The summed E-state index contributed by atoms with van der Waals surface area (Å²) in [7, 11) is 2.75. The number of hydrogen-bond donors (Lipinski definition) is 0. The summed E-state index contributed by atoms with van der Waals surface area (Å²) in [5.74, 6) is -0.608. The summed E-state index contributed by atoms with van der Waals surface area (Å²) >= 11 is 0. The van der Waals surface area contributed by atoms with Crippen molar-refractivity contribution in [2.45, 2.75) is 12.8 Å². The third kappa shape index (κ3) is 3.38. The molecule has 8 heteroatoms. The lowest BCUT2D eigenvalue weighted by Gasteiger charge is -2.09. The Labute approximate surface area is 124 Å². The molecule has 0 aliphatic rings. The van der Waals surface area contributed by atoms with Gasteiger partial charge in [0.15, 0.2) is 5.69 Å². The van der Waals surface area contributed by atoms with Crippen LogP contribution in [-0.4, -0.2) is 22.9 Å². The molecule has 0 radical (unpaired) electrons. The lowest BCUT2D eigenvalue weighted by atomic mass is 10.2. The lowest BCUT2D eigenvalue weighted by Crippen LogP contribution is -2.14. The second-order valence-corrected chi connectivity index (χ2v) is 4.45. The van der Waals surface area contributed by atoms with Gasteiger partial charge in [0, 0.05) is 18.8 Å². The van der Waals surface area contributed by atoms with Crippen LogP contribution in [-0.2, 0) is 24.6 Å². The van der Waals surface area contributed by atoms with Gasteiger partial charge in [-0.25, -0.2) is 4.79 Å². The van der Waals surface area contributed by atoms with Crippen molar-refractivity contribution in [3.8, 4) is 5.75 Å². The minimum Gasteiger partial charge on any atom is -0.496 e. The van der Waals surface area contributed by atoms with Gasteiger partial charge in [-0.1, -0.05) is 18.2 Å². The van der Waals surface area contributed by atoms with E-state index in [9.17, 15) is 18.0 Å². The number of benzene rings is 1. The molecule has 0 aliphatic heterocycles. The Bertz CT molecular complexity index is 680. The van der Waals surface area contributed by atoms with Crippen LogP contribution in [0.15, 0.2) is 30.5 Å². The number of ether oxygens (including phenoxy) is 2. The minimum absolute atomic E-state index is 0.199. The Hall–Kier alpha value is -2.51. The van der Waals surface area contributed by atoms with Gasteiger partial charge in [0.05, 0.1) is 7.11 Å². The second-order valence-electron chi connectivity index (χ2n) is 4.45. The highest BCUT2D eigenvalue weighted by molar-refractivity contribution is 5.90. The first-order chi connectivity index (χ1) is 10.3. The highest BCUT2D eigenvalue weighted by atomic mass is 19.4. The van der Waals surface area contributed by atoms with Gasteiger partial charge in [0.1, 0.15) is 17.9 Å². The highest BCUT2D eigenvalue weighted by Gasteiger charge is 2.39. The zero-order valence-electron chi connectivity index (χ0n) is 11.8. The molecule has 1 aromatic heterocycles. The summed E-state index contributed by atoms with van der Waals surface area (Å²) in [6.07, 6.45) is -3.74. The summed E-state index contributed by atoms with van der Waals surface area (Å²) < 4.78 is 49.3. The lowest BCUT2D eigenvalue weighted by molar-refractivity contribution is -0.142. The van der Waals surface area contributed by atoms with E-state index in [-0.39, 0.29) is 6.61 Å². The predicted octanol–water partition coefficient (Wildman–Crippen LogP) is 2.80. The van der Waals surface area contributed by atoms with Crippen molar-refractivity contribution in [1.82, 2.24) is 9.78 Å². The standard InChI is InChI=1S/C14H13F3N2O3/c1-19-7-10(12(18-19)14(15,16)17)13(20)22-8-9-5-3-4-6-11(9)21-2/h3-7H,8H2,1-2H3. The zero-order valence-corrected chi connectivity index (χ0v) is 11.8. The number of aryl methyl sites for hydroxylation is 1. The van der Waals surface area contributed by atoms with Gasteiger partial charge in [0.25, 0.3) is 0 Å². The number of esters is 1. The summed E-state index contributed by atoms with van der Waals surface area (Å²) in [5, 5.41) is 3.26. The molecule has 0 atom stereocenters. The van der Waals surface area contributed by atoms with Crippen LogP contribution in [0.3, 0.4) is 0 Å². The average molecular weight is 314 g/mol. The number of aromatic nitrogens is 2. The van der Waals surface area contributed by atoms with Crippen molar-refractivity contribution in [2.75, 3.05) is 7.11 Å². The molecule has 2 aromatic rings. The molecular weight excluding hydrogens is 301 g/mol. The van der Waals surface area contributed by atoms with Crippen LogP contribution in [0, 0.1) is 0 Å². The molecule has 0 spiro atoms. The maximum atomic E-state index is 12.8. The smallest absolute Gasteiger partial charge is 0.436 e. The topological polar surface area (TPSA) is 53.4 Å². The third-order valence-corrected chi connectivity index (χ3v) is 2.87. The molecule has 118 valence electrons. The second kappa shape index (κ2) is 6.08. The Balaban J connectivity index is 2.17. The van der Waals surface area contributed by atoms with E-state index >= 15 is 0 Å². The van der Waals surface area contributed by atoms with Crippen molar-refractivity contribution >= 4 is 5.97 Å². The van der Waals surface area contributed by atoms with Crippen LogP contribution >= 0.6 is 0 Å². The van der Waals surface area contributed by atoms with Gasteiger partial charge in [-0.2, -0.15) is 18.3 Å². The quantitative estimate of drug-likeness (QED) is 0.814. The van der Waals surface area contributed by atoms with Crippen molar-refractivity contribution in [2.24, 2.45) is 7.05 Å². The number of carbonyl (C=O) groups is 1. The first kappa shape index (κ1) is 15.9. The molecular formula is C14H13F3N2O3. The molecule has 1 aromatic carbocycles. The summed E-state index contributed by atoms with van der Waals surface area (Å²) in [5.41, 5.74) is -1.33. The predicted molar refractivity (Wildman–Crippen MR) is 70.3 cm³/mol. The van der Waals surface area contributed by atoms with E-state index in [1.807, 2.05) is 0 Å². The zero-order chi connectivity index (χ0) is 16.3. The van der Waals surface area contributed by atoms with Crippen LogP contribution < -0.4 is 4.74 Å². The van der Waals surface area contributed by atoms with Crippen molar-refractivity contribution < 1.29 is 27.4 Å². The molecule has 0 saturated carbocycles. The van der Waals surface area contributed by atoms with Crippen LogP contribution in [0.2, 0.25) is 0 Å². The monoisotopic (exact) mass is 314 g/mol. The van der Waals surface area contributed by atoms with Crippen LogP contribution in [0.4, 0.5) is 13.2 Å². The van der Waals surface area contributed by atoms with Crippen LogP contribution in [0.25, 0.3) is 0 Å². The highest BCUT2D eigenvalue weighted by Crippen LogP contribution is 2.31. The van der Waals surface area contributed by atoms with Gasteiger partial charge < -0.3 is 9.47 Å². The maximum absolute atomic E-state index is 12.8. The normalized spacial score (nSPS) is 11.3. The molecule has 1 heterocycles. The fraction of sp³-hybridized carbons (Fsp3) is 0.286. The van der Waals surface area contributed by atoms with Gasteiger partial charge in [-0.15, -0.1) is 0 Å². The van der Waals surface area contributed by atoms with Crippen molar-refractivity contribution in [1.29, 1.82) is 0 Å². The van der Waals surface area contributed by atoms with Crippen LogP contribution in [0.5, 0.6) is 5.75 Å². The summed E-state index contributed by atoms with van der Waals surface area (Å²) in [6, 6.07) is 6.75. The number of rotatable bonds is 4. The number of alkyl halides is 3. The van der Waals surface area contributed by atoms with Gasteiger partial charge >= 0.3 is 12.1 Å². The first-order valence-electron chi connectivity index (χ1n) is 6.22. The molecule has 0 N–H and O–H groups in total. The molecule has 0 saturated heterocycles. The van der Waals surface area contributed by atoms with Gasteiger partial charge in [-0.3, -0.25) is 4.68 Å². The molecule has 0 bridgehead atoms. The van der Waals surface area contributed by atoms with E-state index in [2.05, 4.69) is 5.10 Å². The molecule has 0 amide bonds. The third-order valence-electron chi connectivity index (χ3n) is 2.87. The number of nitrogens with zero attached hydrogens (tertiary/aromatic N) is 2. The minimum atomic E-state index is -4.72. The van der Waals surface area contributed by atoms with E-state index in [4.69, 9.17) is 9.47 Å². The number of para-hydroxylation sites is 1. The number of methoxy groups -OCH3 is 1. The Morgan fingerprint density at radius 2 is 2.00 bits per heavy atom. The van der Waals surface area contributed by atoms with Gasteiger partial charge in [0.2, 0.25) is 0 Å². The Kier molecular flexibility index (Phi) is 4.39. The van der Waals surface area contributed by atoms with Gasteiger partial charge in [-0.05, 0) is 6.07 Å². The van der Waals surface area contributed by atoms with E-state index < -0.39 is 23.4 Å². The summed E-state index contributed by atoms with van der Waals surface area (Å²) in [4.78, 5) is 11.9. The first-order valence-corrected chi connectivity index (χ1v) is 6.22. The number of halogens is 3. The van der Waals surface area contributed by atoms with E-state index in [0.717, 1.165) is 10.9 Å². The fourth-order valence-electron chi connectivity index (χ4n) is 1.89. The van der Waals surface area contributed by atoms with E-state index in [1.54, 1.807) is 24.3 Å². The molecule has 2 rings (SSSR count). The fourth-order valence-corrected chi connectivity index (χ4v) is 1.89. The molecule has 0 aliphatic carbocycles. The Morgan fingerprint density at radius 3 is 2.64 bits per heavy atom. The molecule has 0 unspecified atom stereocenters. The maximum Gasteiger partial charge on any atom is 0.436 e. The molecule has 0 fully saturated rings. The Morgan fingerprint density at radius 1 is 1.32 bits per heavy atom. The number of hydrogen-bond acceptors (Lipinski definition) is 4. The van der Waals surface area contributed by atoms with Crippen LogP contribution in [0.1, 0.15) is 21.6 Å². The molecule has 5 nitrogen and oxygen atoms in total. The van der Waals surface area contributed by atoms with E-state index in [0.29, 0.717) is 11.3 Å².